The smallest absolute Gasteiger partial charge is 0.327 e. The van der Waals surface area contributed by atoms with E-state index in [9.17, 15) is 14.7 Å². The van der Waals surface area contributed by atoms with Gasteiger partial charge in [-0.25, -0.2) is 4.79 Å². The largest absolute Gasteiger partial charge is 0.480 e. The Morgan fingerprint density at radius 3 is 2.75 bits per heavy atom. The van der Waals surface area contributed by atoms with E-state index in [2.05, 4.69) is 15.9 Å². The van der Waals surface area contributed by atoms with E-state index in [1.165, 1.54) is 16.7 Å². The summed E-state index contributed by atoms with van der Waals surface area (Å²) in [5.41, 5.74) is 1.56. The number of benzene rings is 1. The Morgan fingerprint density at radius 1 is 1.50 bits per heavy atom. The molecule has 0 saturated carbocycles. The van der Waals surface area contributed by atoms with Gasteiger partial charge in [0.15, 0.2) is 0 Å². The lowest BCUT2D eigenvalue weighted by atomic mass is 10.1. The van der Waals surface area contributed by atoms with Crippen molar-refractivity contribution in [2.75, 3.05) is 5.75 Å². The lowest BCUT2D eigenvalue weighted by Gasteiger charge is -2.26. The predicted molar refractivity (Wildman–Crippen MR) is 83.0 cm³/mol. The predicted octanol–water partition coefficient (Wildman–Crippen LogP) is 3.14. The molecule has 4 nitrogen and oxygen atoms in total. The molecule has 1 amide bonds. The Hall–Kier alpha value is -1.01. The standard InChI is InChI=1S/C14H16BrNO3S/c1-3-12-16(11(7-20-12)14(18)19)13(17)9-5-4-8(2)10(15)6-9/h4-6,11-12H,3,7H2,1-2H3,(H,18,19). The first-order valence-corrected chi connectivity index (χ1v) is 8.23. The summed E-state index contributed by atoms with van der Waals surface area (Å²) < 4.78 is 0.857. The molecule has 2 rings (SSSR count). The van der Waals surface area contributed by atoms with Gasteiger partial charge in [0, 0.05) is 15.8 Å². The van der Waals surface area contributed by atoms with Crippen LogP contribution in [0.2, 0.25) is 0 Å². The van der Waals surface area contributed by atoms with Crippen LogP contribution in [0.1, 0.15) is 29.3 Å². The Labute approximate surface area is 130 Å². The van der Waals surface area contributed by atoms with Crippen LogP contribution in [0.4, 0.5) is 0 Å². The summed E-state index contributed by atoms with van der Waals surface area (Å²) in [5, 5.41) is 9.21. The normalized spacial score (nSPS) is 22.1. The van der Waals surface area contributed by atoms with Crippen LogP contribution in [-0.4, -0.2) is 39.1 Å². The third-order valence-corrected chi connectivity index (χ3v) is 5.69. The Balaban J connectivity index is 2.33. The number of aliphatic carboxylic acids is 1. The van der Waals surface area contributed by atoms with Gasteiger partial charge in [0.05, 0.1) is 5.37 Å². The van der Waals surface area contributed by atoms with Crippen LogP contribution in [0, 0.1) is 6.92 Å². The quantitative estimate of drug-likeness (QED) is 0.902. The summed E-state index contributed by atoms with van der Waals surface area (Å²) in [6.07, 6.45) is 0.743. The topological polar surface area (TPSA) is 57.6 Å². The molecule has 0 bridgehead atoms. The molecule has 0 radical (unpaired) electrons. The van der Waals surface area contributed by atoms with Crippen molar-refractivity contribution >= 4 is 39.6 Å². The van der Waals surface area contributed by atoms with Gasteiger partial charge in [0.25, 0.3) is 5.91 Å². The number of hydrogen-bond acceptors (Lipinski definition) is 3. The van der Waals surface area contributed by atoms with E-state index in [1.54, 1.807) is 12.1 Å². The molecule has 1 heterocycles. The molecule has 6 heteroatoms. The molecule has 2 atom stereocenters. The van der Waals surface area contributed by atoms with Gasteiger partial charge in [-0.1, -0.05) is 28.9 Å². The lowest BCUT2D eigenvalue weighted by molar-refractivity contribution is -0.141. The van der Waals surface area contributed by atoms with Gasteiger partial charge in [-0.2, -0.15) is 0 Å². The molecule has 1 fully saturated rings. The highest BCUT2D eigenvalue weighted by Gasteiger charge is 2.41. The number of amides is 1. The van der Waals surface area contributed by atoms with Crippen LogP contribution in [0.5, 0.6) is 0 Å². The zero-order chi connectivity index (χ0) is 14.9. The van der Waals surface area contributed by atoms with Crippen molar-refractivity contribution in [3.8, 4) is 0 Å². The van der Waals surface area contributed by atoms with Gasteiger partial charge in [-0.05, 0) is 31.0 Å². The molecule has 0 aliphatic carbocycles. The first-order chi connectivity index (χ1) is 9.45. The second-order valence-corrected chi connectivity index (χ2v) is 6.79. The average molecular weight is 358 g/mol. The Kier molecular flexibility index (Phi) is 4.75. The van der Waals surface area contributed by atoms with Crippen LogP contribution in [0.3, 0.4) is 0 Å². The number of thioether (sulfide) groups is 1. The molecule has 2 unspecified atom stereocenters. The van der Waals surface area contributed by atoms with Gasteiger partial charge in [0.2, 0.25) is 0 Å². The highest BCUT2D eigenvalue weighted by molar-refractivity contribution is 9.10. The average Bonchev–Trinajstić information content (AvgIpc) is 2.85. The van der Waals surface area contributed by atoms with Crippen molar-refractivity contribution in [2.45, 2.75) is 31.7 Å². The summed E-state index contributed by atoms with van der Waals surface area (Å²) in [6.45, 7) is 3.91. The van der Waals surface area contributed by atoms with E-state index in [0.717, 1.165) is 16.5 Å². The zero-order valence-corrected chi connectivity index (χ0v) is 13.7. The lowest BCUT2D eigenvalue weighted by Crippen LogP contribution is -2.45. The van der Waals surface area contributed by atoms with Crippen molar-refractivity contribution in [2.24, 2.45) is 0 Å². The minimum absolute atomic E-state index is 0.0660. The van der Waals surface area contributed by atoms with Gasteiger partial charge in [-0.15, -0.1) is 11.8 Å². The van der Waals surface area contributed by atoms with Crippen molar-refractivity contribution in [3.63, 3.8) is 0 Å². The molecule has 1 aliphatic heterocycles. The summed E-state index contributed by atoms with van der Waals surface area (Å²) in [5.74, 6) is -0.699. The SMILES string of the molecule is CCC1SCC(C(=O)O)N1C(=O)c1ccc(C)c(Br)c1. The fraction of sp³-hybridized carbons (Fsp3) is 0.429. The zero-order valence-electron chi connectivity index (χ0n) is 11.3. The van der Waals surface area contributed by atoms with E-state index in [1.807, 2.05) is 19.9 Å². The fourth-order valence-corrected chi connectivity index (χ4v) is 3.94. The summed E-state index contributed by atoms with van der Waals surface area (Å²) >= 11 is 4.94. The molecule has 1 aromatic carbocycles. The maximum Gasteiger partial charge on any atom is 0.327 e. The van der Waals surface area contributed by atoms with Crippen LogP contribution in [-0.2, 0) is 4.79 Å². The molecule has 1 saturated heterocycles. The fourth-order valence-electron chi connectivity index (χ4n) is 2.22. The first kappa shape index (κ1) is 15.4. The van der Waals surface area contributed by atoms with E-state index in [-0.39, 0.29) is 11.3 Å². The van der Waals surface area contributed by atoms with E-state index < -0.39 is 12.0 Å². The number of carbonyl (C=O) groups is 2. The van der Waals surface area contributed by atoms with Crippen molar-refractivity contribution in [3.05, 3.63) is 33.8 Å². The number of hydrogen-bond donors (Lipinski definition) is 1. The van der Waals surface area contributed by atoms with Gasteiger partial charge in [-0.3, -0.25) is 4.79 Å². The van der Waals surface area contributed by atoms with Gasteiger partial charge >= 0.3 is 5.97 Å². The van der Waals surface area contributed by atoms with E-state index >= 15 is 0 Å². The number of nitrogens with zero attached hydrogens (tertiary/aromatic N) is 1. The number of rotatable bonds is 3. The molecular weight excluding hydrogens is 342 g/mol. The number of halogens is 1. The van der Waals surface area contributed by atoms with Crippen molar-refractivity contribution < 1.29 is 14.7 Å². The molecule has 1 aromatic rings. The summed E-state index contributed by atoms with van der Waals surface area (Å²) in [6, 6.07) is 4.62. The first-order valence-electron chi connectivity index (χ1n) is 6.39. The van der Waals surface area contributed by atoms with Gasteiger partial charge in [0.1, 0.15) is 6.04 Å². The highest BCUT2D eigenvalue weighted by atomic mass is 79.9. The van der Waals surface area contributed by atoms with E-state index in [0.29, 0.717) is 11.3 Å². The van der Waals surface area contributed by atoms with Crippen LogP contribution < -0.4 is 0 Å². The maximum absolute atomic E-state index is 12.6. The second kappa shape index (κ2) is 6.18. The second-order valence-electron chi connectivity index (χ2n) is 4.73. The maximum atomic E-state index is 12.6. The van der Waals surface area contributed by atoms with Crippen LogP contribution in [0.25, 0.3) is 0 Å². The molecular formula is C14H16BrNO3S. The molecule has 1 N–H and O–H groups in total. The Morgan fingerprint density at radius 2 is 2.20 bits per heavy atom. The highest BCUT2D eigenvalue weighted by Crippen LogP contribution is 2.33. The minimum Gasteiger partial charge on any atom is -0.480 e. The molecule has 1 aliphatic rings. The molecule has 108 valence electrons. The number of carboxylic acids is 1. The summed E-state index contributed by atoms with van der Waals surface area (Å²) in [4.78, 5) is 25.4. The molecule has 20 heavy (non-hydrogen) atoms. The third kappa shape index (κ3) is 2.86. The summed E-state index contributed by atoms with van der Waals surface area (Å²) in [7, 11) is 0. The van der Waals surface area contributed by atoms with Crippen LogP contribution in [0.15, 0.2) is 22.7 Å². The third-order valence-electron chi connectivity index (χ3n) is 3.38. The van der Waals surface area contributed by atoms with Gasteiger partial charge < -0.3 is 10.0 Å². The van der Waals surface area contributed by atoms with Crippen LogP contribution >= 0.6 is 27.7 Å². The minimum atomic E-state index is -0.937. The molecule has 0 aromatic heterocycles. The number of carboxylic acid groups (broad SMARTS) is 1. The van der Waals surface area contributed by atoms with E-state index in [4.69, 9.17) is 0 Å². The monoisotopic (exact) mass is 357 g/mol. The molecule has 0 spiro atoms. The van der Waals surface area contributed by atoms with Crippen molar-refractivity contribution in [1.82, 2.24) is 4.90 Å². The van der Waals surface area contributed by atoms with Crippen molar-refractivity contribution in [1.29, 1.82) is 0 Å². The number of carbonyl (C=O) groups excluding carboxylic acids is 1. The number of aryl methyl sites for hydroxylation is 1. The Bertz CT molecular complexity index is 549.